The molecule has 0 bridgehead atoms. The van der Waals surface area contributed by atoms with E-state index in [1.165, 1.54) is 0 Å². The smallest absolute Gasteiger partial charge is 0.374 e. The summed E-state index contributed by atoms with van der Waals surface area (Å²) in [6, 6.07) is 0.442. The molecule has 0 heterocycles. The Balaban J connectivity index is 4.29. The molecule has 7 nitrogen and oxygen atoms in total. The van der Waals surface area contributed by atoms with Crippen LogP contribution in [0.3, 0.4) is 0 Å². The summed E-state index contributed by atoms with van der Waals surface area (Å²) in [5, 5.41) is 0. The van der Waals surface area contributed by atoms with Crippen LogP contribution >= 0.6 is 0 Å². The van der Waals surface area contributed by atoms with E-state index in [2.05, 4.69) is 4.18 Å². The van der Waals surface area contributed by atoms with Gasteiger partial charge in [0, 0.05) is 25.9 Å². The Hall–Kier alpha value is -0.0331. The van der Waals surface area contributed by atoms with Gasteiger partial charge in [-0.15, -0.1) is 0 Å². The Labute approximate surface area is 110 Å². The molecule has 0 rings (SSSR count). The van der Waals surface area contributed by atoms with Gasteiger partial charge in [0.05, 0.1) is 6.61 Å². The molecule has 0 aromatic heterocycles. The summed E-state index contributed by atoms with van der Waals surface area (Å²) < 4.78 is 50.1. The summed E-state index contributed by atoms with van der Waals surface area (Å²) in [6.07, 6.45) is 0.367. The lowest BCUT2D eigenvalue weighted by atomic mass is 10.5. The maximum absolute atomic E-state index is 10.4. The fourth-order valence-electron chi connectivity index (χ4n) is 1.45. The van der Waals surface area contributed by atoms with Crippen molar-refractivity contribution < 1.29 is 30.4 Å². The topological polar surface area (TPSA) is 91.3 Å². The van der Waals surface area contributed by atoms with Crippen molar-refractivity contribution in [2.24, 2.45) is 0 Å². The predicted molar refractivity (Wildman–Crippen MR) is 67.6 cm³/mol. The molecular weight excluding hydrogens is 280 g/mol. The lowest BCUT2D eigenvalue weighted by molar-refractivity contribution is 0.0695. The lowest BCUT2D eigenvalue weighted by Crippen LogP contribution is -2.46. The van der Waals surface area contributed by atoms with E-state index in [0.717, 1.165) is 0 Å². The molecule has 1 N–H and O–H groups in total. The van der Waals surface area contributed by atoms with E-state index >= 15 is 0 Å². The second-order valence-electron chi connectivity index (χ2n) is 3.34. The van der Waals surface area contributed by atoms with Gasteiger partial charge in [-0.2, -0.15) is 8.42 Å². The van der Waals surface area contributed by atoms with E-state index in [0.29, 0.717) is 32.3 Å². The molecule has 110 valence electrons. The van der Waals surface area contributed by atoms with Crippen molar-refractivity contribution in [3.8, 4) is 0 Å². The van der Waals surface area contributed by atoms with Crippen LogP contribution < -0.4 is 0 Å². The zero-order valence-electron chi connectivity index (χ0n) is 11.0. The van der Waals surface area contributed by atoms with E-state index in [9.17, 15) is 8.42 Å². The largest absolute Gasteiger partial charge is 0.501 e. The van der Waals surface area contributed by atoms with Crippen molar-refractivity contribution in [1.29, 1.82) is 0 Å². The van der Waals surface area contributed by atoms with Gasteiger partial charge in [0.15, 0.2) is 0 Å². The third kappa shape index (κ3) is 8.14. The van der Waals surface area contributed by atoms with Crippen molar-refractivity contribution >= 4 is 19.2 Å². The molecule has 18 heavy (non-hydrogen) atoms. The first-order valence-electron chi connectivity index (χ1n) is 5.92. The standard InChI is InChI=1S/C9H22O7SSi/c1-4-14-18(15-5-2,16-6-3)9-7-8-13-17(10,11)12/h4-9H2,1-3H3,(H,10,11,12). The van der Waals surface area contributed by atoms with Crippen LogP contribution in [0.2, 0.25) is 6.04 Å². The number of rotatable bonds is 11. The average Bonchev–Trinajstić information content (AvgIpc) is 2.24. The zero-order chi connectivity index (χ0) is 14.1. The summed E-state index contributed by atoms with van der Waals surface area (Å²) in [7, 11) is -7.13. The molecule has 0 saturated heterocycles. The highest BCUT2D eigenvalue weighted by Gasteiger charge is 2.39. The molecule has 0 aromatic carbocycles. The molecule has 0 radical (unpaired) electrons. The maximum atomic E-state index is 10.4. The monoisotopic (exact) mass is 302 g/mol. The van der Waals surface area contributed by atoms with Crippen LogP contribution in [0.15, 0.2) is 0 Å². The van der Waals surface area contributed by atoms with Gasteiger partial charge in [0.2, 0.25) is 0 Å². The minimum Gasteiger partial charge on any atom is -0.374 e. The molecule has 0 unspecified atom stereocenters. The van der Waals surface area contributed by atoms with Crippen molar-refractivity contribution in [2.75, 3.05) is 26.4 Å². The highest BCUT2D eigenvalue weighted by atomic mass is 32.3. The van der Waals surface area contributed by atoms with Gasteiger partial charge >= 0.3 is 19.2 Å². The third-order valence-electron chi connectivity index (χ3n) is 1.95. The maximum Gasteiger partial charge on any atom is 0.501 e. The van der Waals surface area contributed by atoms with Gasteiger partial charge in [-0.1, -0.05) is 0 Å². The SMILES string of the molecule is CCO[Si](CCCOS(=O)(=O)O)(OCC)OCC. The second-order valence-corrected chi connectivity index (χ2v) is 7.16. The molecule has 0 aliphatic rings. The molecule has 0 saturated carbocycles. The van der Waals surface area contributed by atoms with Crippen LogP contribution in [0.25, 0.3) is 0 Å². The first kappa shape index (κ1) is 18.0. The Morgan fingerprint density at radius 1 is 1.00 bits per heavy atom. The normalized spacial score (nSPS) is 12.9. The molecule has 0 aliphatic heterocycles. The predicted octanol–water partition coefficient (Wildman–Crippen LogP) is 1.24. The van der Waals surface area contributed by atoms with Crippen LogP contribution in [-0.4, -0.2) is 48.2 Å². The van der Waals surface area contributed by atoms with E-state index < -0.39 is 19.2 Å². The number of hydrogen-bond donors (Lipinski definition) is 1. The van der Waals surface area contributed by atoms with E-state index in [1.807, 2.05) is 20.8 Å². The fraction of sp³-hybridized carbons (Fsp3) is 1.00. The van der Waals surface area contributed by atoms with Gasteiger partial charge in [0.25, 0.3) is 0 Å². The molecule has 0 amide bonds. The molecule has 0 fully saturated rings. The summed E-state index contributed by atoms with van der Waals surface area (Å²) >= 11 is 0. The van der Waals surface area contributed by atoms with Crippen LogP contribution in [0.1, 0.15) is 27.2 Å². The van der Waals surface area contributed by atoms with Crippen LogP contribution in [-0.2, 0) is 27.9 Å². The van der Waals surface area contributed by atoms with Crippen molar-refractivity contribution in [3.05, 3.63) is 0 Å². The van der Waals surface area contributed by atoms with E-state index in [1.54, 1.807) is 0 Å². The van der Waals surface area contributed by atoms with Crippen molar-refractivity contribution in [2.45, 2.75) is 33.2 Å². The molecule has 0 atom stereocenters. The highest BCUT2D eigenvalue weighted by Crippen LogP contribution is 2.18. The second kappa shape index (κ2) is 8.96. The van der Waals surface area contributed by atoms with Gasteiger partial charge in [-0.05, 0) is 27.2 Å². The average molecular weight is 302 g/mol. The van der Waals surface area contributed by atoms with Gasteiger partial charge in [-0.25, -0.2) is 4.18 Å². The Bertz CT molecular complexity index is 289. The van der Waals surface area contributed by atoms with Gasteiger partial charge in [0.1, 0.15) is 0 Å². The van der Waals surface area contributed by atoms with Crippen molar-refractivity contribution in [3.63, 3.8) is 0 Å². The Morgan fingerprint density at radius 3 is 1.78 bits per heavy atom. The molecular formula is C9H22O7SSi. The first-order chi connectivity index (χ1) is 8.39. The van der Waals surface area contributed by atoms with Gasteiger partial charge in [-0.3, -0.25) is 4.55 Å². The minimum atomic E-state index is -4.39. The van der Waals surface area contributed by atoms with Crippen LogP contribution in [0.5, 0.6) is 0 Å². The summed E-state index contributed by atoms with van der Waals surface area (Å²) in [5.41, 5.74) is 0. The Kier molecular flexibility index (Phi) is 8.95. The highest BCUT2D eigenvalue weighted by molar-refractivity contribution is 7.80. The summed E-state index contributed by atoms with van der Waals surface area (Å²) in [6.45, 7) is 6.79. The van der Waals surface area contributed by atoms with Crippen LogP contribution in [0, 0.1) is 0 Å². The molecule has 0 aliphatic carbocycles. The first-order valence-corrected chi connectivity index (χ1v) is 9.22. The lowest BCUT2D eigenvalue weighted by Gasteiger charge is -2.28. The molecule has 0 aromatic rings. The van der Waals surface area contributed by atoms with Crippen LogP contribution in [0.4, 0.5) is 0 Å². The number of hydrogen-bond acceptors (Lipinski definition) is 6. The third-order valence-corrected chi connectivity index (χ3v) is 5.57. The zero-order valence-corrected chi connectivity index (χ0v) is 12.9. The quantitative estimate of drug-likeness (QED) is 0.349. The molecule has 9 heteroatoms. The molecule has 0 spiro atoms. The Morgan fingerprint density at radius 2 is 1.44 bits per heavy atom. The summed E-state index contributed by atoms with van der Waals surface area (Å²) in [5.74, 6) is 0. The summed E-state index contributed by atoms with van der Waals surface area (Å²) in [4.78, 5) is 0. The van der Waals surface area contributed by atoms with E-state index in [4.69, 9.17) is 17.8 Å². The fourth-order valence-corrected chi connectivity index (χ4v) is 4.36. The van der Waals surface area contributed by atoms with Crippen molar-refractivity contribution in [1.82, 2.24) is 0 Å². The van der Waals surface area contributed by atoms with E-state index in [-0.39, 0.29) is 6.61 Å². The minimum absolute atomic E-state index is 0.124. The van der Waals surface area contributed by atoms with Gasteiger partial charge < -0.3 is 13.3 Å².